The molecule has 1 aliphatic rings. The van der Waals surface area contributed by atoms with E-state index < -0.39 is 11.9 Å². The topological polar surface area (TPSA) is 81.7 Å². The van der Waals surface area contributed by atoms with E-state index in [9.17, 15) is 9.59 Å². The van der Waals surface area contributed by atoms with Gasteiger partial charge in [0, 0.05) is 19.6 Å². The van der Waals surface area contributed by atoms with Crippen molar-refractivity contribution in [2.45, 2.75) is 32.2 Å². The smallest absolute Gasteiger partial charge is 0.317 e. The summed E-state index contributed by atoms with van der Waals surface area (Å²) in [6, 6.07) is 0.0674. The zero-order valence-corrected chi connectivity index (χ0v) is 11.1. The van der Waals surface area contributed by atoms with Gasteiger partial charge in [0.05, 0.1) is 5.92 Å². The average Bonchev–Trinajstić information content (AvgIpc) is 2.39. The molecule has 104 valence electrons. The van der Waals surface area contributed by atoms with Crippen LogP contribution < -0.4 is 10.6 Å². The molecule has 6 heteroatoms. The maximum Gasteiger partial charge on any atom is 0.317 e. The quantitative estimate of drug-likeness (QED) is 0.669. The van der Waals surface area contributed by atoms with Gasteiger partial charge in [-0.25, -0.2) is 4.79 Å². The molecule has 1 atom stereocenters. The van der Waals surface area contributed by atoms with E-state index in [1.165, 1.54) is 0 Å². The predicted molar refractivity (Wildman–Crippen MR) is 68.5 cm³/mol. The summed E-state index contributed by atoms with van der Waals surface area (Å²) >= 11 is 0. The van der Waals surface area contributed by atoms with Crippen LogP contribution in [-0.2, 0) is 4.79 Å². The Kier molecular flexibility index (Phi) is 5.91. The van der Waals surface area contributed by atoms with Gasteiger partial charge in [-0.1, -0.05) is 6.92 Å². The second kappa shape index (κ2) is 7.20. The van der Waals surface area contributed by atoms with Crippen molar-refractivity contribution >= 4 is 12.0 Å². The van der Waals surface area contributed by atoms with Gasteiger partial charge in [0.1, 0.15) is 0 Å². The summed E-state index contributed by atoms with van der Waals surface area (Å²) in [6.07, 6.45) is 2.41. The number of hydrogen-bond donors (Lipinski definition) is 3. The average molecular weight is 257 g/mol. The van der Waals surface area contributed by atoms with Gasteiger partial charge >= 0.3 is 12.0 Å². The maximum absolute atomic E-state index is 11.9. The van der Waals surface area contributed by atoms with Crippen molar-refractivity contribution < 1.29 is 14.7 Å². The van der Waals surface area contributed by atoms with E-state index in [1.54, 1.807) is 11.9 Å². The third-order valence-corrected chi connectivity index (χ3v) is 3.52. The molecule has 0 aromatic rings. The van der Waals surface area contributed by atoms with Gasteiger partial charge in [0.2, 0.25) is 0 Å². The van der Waals surface area contributed by atoms with Crippen molar-refractivity contribution in [3.05, 3.63) is 0 Å². The molecule has 2 amide bonds. The molecule has 0 radical (unpaired) electrons. The normalized spacial score (nSPS) is 18.1. The largest absolute Gasteiger partial charge is 0.481 e. The van der Waals surface area contributed by atoms with Crippen LogP contribution in [0.25, 0.3) is 0 Å². The van der Waals surface area contributed by atoms with E-state index in [4.69, 9.17) is 5.11 Å². The Labute approximate surface area is 108 Å². The first-order valence-corrected chi connectivity index (χ1v) is 6.50. The fraction of sp³-hybridized carbons (Fsp3) is 0.833. The van der Waals surface area contributed by atoms with Crippen LogP contribution in [0.1, 0.15) is 26.2 Å². The van der Waals surface area contributed by atoms with Gasteiger partial charge < -0.3 is 20.6 Å². The first-order chi connectivity index (χ1) is 8.56. The van der Waals surface area contributed by atoms with Crippen LogP contribution in [0.2, 0.25) is 0 Å². The highest BCUT2D eigenvalue weighted by Gasteiger charge is 2.23. The van der Waals surface area contributed by atoms with E-state index in [2.05, 4.69) is 10.6 Å². The molecule has 1 fully saturated rings. The van der Waals surface area contributed by atoms with Gasteiger partial charge in [-0.3, -0.25) is 4.79 Å². The SMILES string of the molecule is CCC(CNC(=O)N(C)C1CCNCC1)C(=O)O. The Morgan fingerprint density at radius 3 is 2.56 bits per heavy atom. The Bertz CT molecular complexity index is 290. The highest BCUT2D eigenvalue weighted by Crippen LogP contribution is 2.10. The van der Waals surface area contributed by atoms with E-state index in [0.29, 0.717) is 6.42 Å². The van der Waals surface area contributed by atoms with Crippen molar-refractivity contribution in [1.29, 1.82) is 0 Å². The summed E-state index contributed by atoms with van der Waals surface area (Å²) in [5.41, 5.74) is 0. The summed E-state index contributed by atoms with van der Waals surface area (Å²) in [5.74, 6) is -1.36. The summed E-state index contributed by atoms with van der Waals surface area (Å²) in [4.78, 5) is 24.4. The second-order valence-corrected chi connectivity index (χ2v) is 4.72. The first-order valence-electron chi connectivity index (χ1n) is 6.50. The number of nitrogens with one attached hydrogen (secondary N) is 2. The Morgan fingerprint density at radius 2 is 2.06 bits per heavy atom. The second-order valence-electron chi connectivity index (χ2n) is 4.72. The monoisotopic (exact) mass is 257 g/mol. The lowest BCUT2D eigenvalue weighted by Gasteiger charge is -2.31. The number of amides is 2. The summed E-state index contributed by atoms with van der Waals surface area (Å²) < 4.78 is 0. The van der Waals surface area contributed by atoms with E-state index >= 15 is 0 Å². The molecule has 0 spiro atoms. The highest BCUT2D eigenvalue weighted by atomic mass is 16.4. The molecule has 0 aliphatic carbocycles. The molecule has 0 bridgehead atoms. The number of carbonyl (C=O) groups is 2. The Balaban J connectivity index is 2.37. The van der Waals surface area contributed by atoms with Crippen LogP contribution in [0, 0.1) is 5.92 Å². The van der Waals surface area contributed by atoms with Gasteiger partial charge in [0.15, 0.2) is 0 Å². The lowest BCUT2D eigenvalue weighted by atomic mass is 10.1. The van der Waals surface area contributed by atoms with Crippen LogP contribution in [0.4, 0.5) is 4.79 Å². The van der Waals surface area contributed by atoms with Gasteiger partial charge in [0.25, 0.3) is 0 Å². The fourth-order valence-electron chi connectivity index (χ4n) is 2.10. The van der Waals surface area contributed by atoms with E-state index in [0.717, 1.165) is 25.9 Å². The summed E-state index contributed by atoms with van der Waals surface area (Å²) in [7, 11) is 1.77. The van der Waals surface area contributed by atoms with Crippen molar-refractivity contribution in [1.82, 2.24) is 15.5 Å². The van der Waals surface area contributed by atoms with Crippen LogP contribution >= 0.6 is 0 Å². The molecule has 1 unspecified atom stereocenters. The van der Waals surface area contributed by atoms with Crippen LogP contribution in [0.3, 0.4) is 0 Å². The molecule has 1 aliphatic heterocycles. The van der Waals surface area contributed by atoms with E-state index in [1.807, 2.05) is 6.92 Å². The molecule has 1 heterocycles. The molecule has 3 N–H and O–H groups in total. The molecule has 6 nitrogen and oxygen atoms in total. The zero-order valence-electron chi connectivity index (χ0n) is 11.1. The molecule has 0 aromatic heterocycles. The molecular weight excluding hydrogens is 234 g/mol. The standard InChI is InChI=1S/C12H23N3O3/c1-3-9(11(16)17)8-14-12(18)15(2)10-4-6-13-7-5-10/h9-10,13H,3-8H2,1-2H3,(H,14,18)(H,16,17). The van der Waals surface area contributed by atoms with Crippen molar-refractivity contribution in [2.75, 3.05) is 26.7 Å². The molecule has 18 heavy (non-hydrogen) atoms. The molecule has 0 saturated carbocycles. The third-order valence-electron chi connectivity index (χ3n) is 3.52. The predicted octanol–water partition coefficient (Wildman–Crippen LogP) is 0.491. The molecule has 1 rings (SSSR count). The highest BCUT2D eigenvalue weighted by molar-refractivity contribution is 5.76. The lowest BCUT2D eigenvalue weighted by molar-refractivity contribution is -0.141. The van der Waals surface area contributed by atoms with E-state index in [-0.39, 0.29) is 18.6 Å². The fourth-order valence-corrected chi connectivity index (χ4v) is 2.10. The number of piperidine rings is 1. The number of urea groups is 1. The van der Waals surface area contributed by atoms with Crippen molar-refractivity contribution in [3.63, 3.8) is 0 Å². The number of nitrogens with zero attached hydrogens (tertiary/aromatic N) is 1. The first kappa shape index (κ1) is 14.8. The zero-order chi connectivity index (χ0) is 13.5. The van der Waals surface area contributed by atoms with Crippen LogP contribution in [0.5, 0.6) is 0 Å². The number of carboxylic acids is 1. The number of carboxylic acid groups (broad SMARTS) is 1. The number of carbonyl (C=O) groups excluding carboxylic acids is 1. The number of aliphatic carboxylic acids is 1. The van der Waals surface area contributed by atoms with Gasteiger partial charge in [-0.2, -0.15) is 0 Å². The van der Waals surface area contributed by atoms with Gasteiger partial charge in [-0.05, 0) is 32.4 Å². The molecular formula is C12H23N3O3. The lowest BCUT2D eigenvalue weighted by Crippen LogP contribution is -2.49. The molecule has 1 saturated heterocycles. The van der Waals surface area contributed by atoms with Gasteiger partial charge in [-0.15, -0.1) is 0 Å². The van der Waals surface area contributed by atoms with Crippen molar-refractivity contribution in [3.8, 4) is 0 Å². The Morgan fingerprint density at radius 1 is 1.44 bits per heavy atom. The number of hydrogen-bond acceptors (Lipinski definition) is 3. The minimum absolute atomic E-state index is 0.179. The minimum atomic E-state index is -0.859. The van der Waals surface area contributed by atoms with Crippen molar-refractivity contribution in [2.24, 2.45) is 5.92 Å². The summed E-state index contributed by atoms with van der Waals surface area (Å²) in [5, 5.41) is 14.8. The minimum Gasteiger partial charge on any atom is -0.481 e. The molecule has 0 aromatic carbocycles. The number of rotatable bonds is 5. The Hall–Kier alpha value is -1.30. The van der Waals surface area contributed by atoms with Crippen LogP contribution in [0.15, 0.2) is 0 Å². The summed E-state index contributed by atoms with van der Waals surface area (Å²) in [6.45, 7) is 3.85. The third kappa shape index (κ3) is 4.18. The van der Waals surface area contributed by atoms with Crippen LogP contribution in [-0.4, -0.2) is 54.7 Å². The maximum atomic E-state index is 11.9.